The summed E-state index contributed by atoms with van der Waals surface area (Å²) in [5.41, 5.74) is 0.766. The number of nitro groups is 1. The van der Waals surface area contributed by atoms with Gasteiger partial charge in [-0.3, -0.25) is 10.1 Å². The second kappa shape index (κ2) is 11.8. The first kappa shape index (κ1) is 24.8. The lowest BCUT2D eigenvalue weighted by Crippen LogP contribution is -2.14. The lowest BCUT2D eigenvalue weighted by atomic mass is 9.97. The van der Waals surface area contributed by atoms with Gasteiger partial charge < -0.3 is 14.2 Å². The molecule has 0 heterocycles. The highest BCUT2D eigenvalue weighted by atomic mass is 19.1. The van der Waals surface area contributed by atoms with Crippen LogP contribution in [0.3, 0.4) is 0 Å². The molecular formula is C24H28FNO6. The summed E-state index contributed by atoms with van der Waals surface area (Å²) in [6, 6.07) is 5.02. The van der Waals surface area contributed by atoms with Crippen LogP contribution < -0.4 is 9.47 Å². The molecule has 172 valence electrons. The SMILES string of the molecule is C=C1CC(F)=CC([N+](=O)[O-])=C1COc1cc(/C=C/C(=O)OCC(CC)CC)ccc1OC. The van der Waals surface area contributed by atoms with E-state index in [1.165, 1.54) is 13.2 Å². The molecule has 1 aromatic carbocycles. The second-order valence-electron chi connectivity index (χ2n) is 7.34. The number of methoxy groups -OCH3 is 1. The van der Waals surface area contributed by atoms with Gasteiger partial charge in [0.25, 0.3) is 5.70 Å². The van der Waals surface area contributed by atoms with Crippen molar-refractivity contribution in [2.75, 3.05) is 20.3 Å². The Bertz CT molecular complexity index is 959. The molecule has 0 aliphatic heterocycles. The van der Waals surface area contributed by atoms with Gasteiger partial charge in [-0.25, -0.2) is 9.18 Å². The van der Waals surface area contributed by atoms with Crippen LogP contribution in [0.15, 0.2) is 59.6 Å². The fraction of sp³-hybridized carbons (Fsp3) is 0.375. The fourth-order valence-corrected chi connectivity index (χ4v) is 3.11. The largest absolute Gasteiger partial charge is 0.493 e. The van der Waals surface area contributed by atoms with Gasteiger partial charge in [0, 0.05) is 18.6 Å². The van der Waals surface area contributed by atoms with Crippen LogP contribution >= 0.6 is 0 Å². The van der Waals surface area contributed by atoms with Crippen LogP contribution in [0.2, 0.25) is 0 Å². The average molecular weight is 445 g/mol. The van der Waals surface area contributed by atoms with Crippen molar-refractivity contribution in [3.63, 3.8) is 0 Å². The predicted molar refractivity (Wildman–Crippen MR) is 120 cm³/mol. The van der Waals surface area contributed by atoms with Crippen molar-refractivity contribution in [2.24, 2.45) is 5.92 Å². The van der Waals surface area contributed by atoms with Gasteiger partial charge in [0.15, 0.2) is 11.5 Å². The van der Waals surface area contributed by atoms with Crippen molar-refractivity contribution in [1.82, 2.24) is 0 Å². The maximum absolute atomic E-state index is 13.6. The van der Waals surface area contributed by atoms with Gasteiger partial charge in [-0.15, -0.1) is 0 Å². The summed E-state index contributed by atoms with van der Waals surface area (Å²) in [4.78, 5) is 22.6. The molecule has 0 amide bonds. The van der Waals surface area contributed by atoms with E-state index in [1.807, 2.05) is 0 Å². The van der Waals surface area contributed by atoms with Gasteiger partial charge in [-0.1, -0.05) is 39.3 Å². The van der Waals surface area contributed by atoms with Crippen LogP contribution in [0.4, 0.5) is 4.39 Å². The number of esters is 1. The molecule has 0 aromatic heterocycles. The third-order valence-electron chi connectivity index (χ3n) is 5.20. The molecule has 0 atom stereocenters. The number of rotatable bonds is 11. The molecule has 7 nitrogen and oxygen atoms in total. The van der Waals surface area contributed by atoms with Crippen molar-refractivity contribution in [3.05, 3.63) is 75.3 Å². The van der Waals surface area contributed by atoms with E-state index in [-0.39, 0.29) is 29.9 Å². The third-order valence-corrected chi connectivity index (χ3v) is 5.20. The molecule has 0 radical (unpaired) electrons. The van der Waals surface area contributed by atoms with E-state index in [9.17, 15) is 19.3 Å². The lowest BCUT2D eigenvalue weighted by molar-refractivity contribution is -0.420. The second-order valence-corrected chi connectivity index (χ2v) is 7.34. The highest BCUT2D eigenvalue weighted by molar-refractivity contribution is 5.87. The van der Waals surface area contributed by atoms with Crippen molar-refractivity contribution < 1.29 is 28.3 Å². The van der Waals surface area contributed by atoms with Crippen LogP contribution in [0.1, 0.15) is 38.7 Å². The molecule has 0 spiro atoms. The maximum Gasteiger partial charge on any atom is 0.330 e. The number of ether oxygens (including phenoxy) is 3. The van der Waals surface area contributed by atoms with Crippen LogP contribution in [0.5, 0.6) is 11.5 Å². The number of nitrogens with zero attached hydrogens (tertiary/aromatic N) is 1. The number of carbonyl (C=O) groups is 1. The van der Waals surface area contributed by atoms with Crippen LogP contribution in [0.25, 0.3) is 6.08 Å². The van der Waals surface area contributed by atoms with E-state index < -0.39 is 16.7 Å². The first-order valence-corrected chi connectivity index (χ1v) is 10.4. The molecule has 1 aliphatic rings. The first-order valence-electron chi connectivity index (χ1n) is 10.4. The van der Waals surface area contributed by atoms with E-state index in [0.29, 0.717) is 29.6 Å². The minimum atomic E-state index is -0.660. The summed E-state index contributed by atoms with van der Waals surface area (Å²) in [7, 11) is 1.46. The standard InChI is InChI=1S/C24H28FNO6/c1-5-17(6-2)14-32-24(27)10-8-18-7-9-22(30-4)23(12-18)31-15-20-16(3)11-19(25)13-21(20)26(28)29/h7-10,12-13,17H,3,5-6,11,14-15H2,1-2,4H3/b10-8+. The normalized spacial score (nSPS) is 14.0. The Morgan fingerprint density at radius 2 is 2.03 bits per heavy atom. The Hall–Kier alpha value is -3.42. The number of hydrogen-bond acceptors (Lipinski definition) is 6. The molecule has 1 aliphatic carbocycles. The van der Waals surface area contributed by atoms with E-state index in [1.54, 1.807) is 24.3 Å². The monoisotopic (exact) mass is 445 g/mol. The topological polar surface area (TPSA) is 87.9 Å². The quantitative estimate of drug-likeness (QED) is 0.196. The molecule has 1 aromatic rings. The fourth-order valence-electron chi connectivity index (χ4n) is 3.11. The minimum Gasteiger partial charge on any atom is -0.493 e. The van der Waals surface area contributed by atoms with Crippen molar-refractivity contribution >= 4 is 12.0 Å². The molecule has 0 fully saturated rings. The summed E-state index contributed by atoms with van der Waals surface area (Å²) in [6.45, 7) is 8.02. The molecule has 32 heavy (non-hydrogen) atoms. The molecule has 0 unspecified atom stereocenters. The van der Waals surface area contributed by atoms with Crippen molar-refractivity contribution in [1.29, 1.82) is 0 Å². The van der Waals surface area contributed by atoms with Crippen molar-refractivity contribution in [3.8, 4) is 11.5 Å². The Kier molecular flexibility index (Phi) is 9.19. The van der Waals surface area contributed by atoms with Gasteiger partial charge in [0.1, 0.15) is 12.4 Å². The number of carbonyl (C=O) groups excluding carboxylic acids is 1. The predicted octanol–water partition coefficient (Wildman–Crippen LogP) is 5.41. The number of allylic oxidation sites excluding steroid dienone is 2. The van der Waals surface area contributed by atoms with Crippen LogP contribution in [-0.4, -0.2) is 31.2 Å². The van der Waals surface area contributed by atoms with Crippen LogP contribution in [-0.2, 0) is 9.53 Å². The summed E-state index contributed by atoms with van der Waals surface area (Å²) in [5.74, 6) is 0.00187. The molecule has 0 saturated heterocycles. The van der Waals surface area contributed by atoms with Gasteiger partial charge in [-0.2, -0.15) is 0 Å². The summed E-state index contributed by atoms with van der Waals surface area (Å²) in [6.07, 6.45) is 5.58. The highest BCUT2D eigenvalue weighted by Gasteiger charge is 2.26. The Morgan fingerprint density at radius 3 is 2.66 bits per heavy atom. The molecular weight excluding hydrogens is 417 g/mol. The zero-order chi connectivity index (χ0) is 23.7. The Morgan fingerprint density at radius 1 is 1.31 bits per heavy atom. The summed E-state index contributed by atoms with van der Waals surface area (Å²) in [5, 5.41) is 11.3. The van der Waals surface area contributed by atoms with E-state index >= 15 is 0 Å². The lowest BCUT2D eigenvalue weighted by Gasteiger charge is -2.16. The molecule has 2 rings (SSSR count). The molecule has 0 saturated carbocycles. The molecule has 0 bridgehead atoms. The number of benzene rings is 1. The first-order chi connectivity index (χ1) is 15.3. The molecule has 0 N–H and O–H groups in total. The van der Waals surface area contributed by atoms with Gasteiger partial charge in [0.05, 0.1) is 24.2 Å². The van der Waals surface area contributed by atoms with E-state index in [4.69, 9.17) is 14.2 Å². The van der Waals surface area contributed by atoms with Crippen LogP contribution in [0, 0.1) is 16.0 Å². The summed E-state index contributed by atoms with van der Waals surface area (Å²) >= 11 is 0. The van der Waals surface area contributed by atoms with E-state index in [0.717, 1.165) is 18.9 Å². The maximum atomic E-state index is 13.6. The van der Waals surface area contributed by atoms with Gasteiger partial charge >= 0.3 is 5.97 Å². The minimum absolute atomic E-state index is 0.102. The summed E-state index contributed by atoms with van der Waals surface area (Å²) < 4.78 is 29.9. The number of hydrogen-bond donors (Lipinski definition) is 0. The number of halogens is 1. The zero-order valence-corrected chi connectivity index (χ0v) is 18.6. The van der Waals surface area contributed by atoms with Crippen molar-refractivity contribution in [2.45, 2.75) is 33.1 Å². The van der Waals surface area contributed by atoms with Gasteiger partial charge in [-0.05, 0) is 35.3 Å². The highest BCUT2D eigenvalue weighted by Crippen LogP contribution is 2.33. The Labute approximate surface area is 187 Å². The zero-order valence-electron chi connectivity index (χ0n) is 18.6. The smallest absolute Gasteiger partial charge is 0.330 e. The van der Waals surface area contributed by atoms with E-state index in [2.05, 4.69) is 20.4 Å². The van der Waals surface area contributed by atoms with Gasteiger partial charge in [0.2, 0.25) is 0 Å². The molecule has 8 heteroatoms. The third kappa shape index (κ3) is 6.80. The average Bonchev–Trinajstić information content (AvgIpc) is 2.77. The Balaban J connectivity index is 2.15.